The lowest BCUT2D eigenvalue weighted by molar-refractivity contribution is -0.171. The normalized spacial score (nSPS) is 20.7. The van der Waals surface area contributed by atoms with E-state index in [0.717, 1.165) is 12.8 Å². The molecule has 0 unspecified atom stereocenters. The third kappa shape index (κ3) is 2.88. The number of carbonyl (C=O) groups is 2. The van der Waals surface area contributed by atoms with Crippen molar-refractivity contribution in [1.29, 1.82) is 0 Å². The van der Waals surface area contributed by atoms with Gasteiger partial charge in [0.25, 0.3) is 0 Å². The number of fused-ring (bicyclic) bond motifs is 2. The van der Waals surface area contributed by atoms with Crippen LogP contribution >= 0.6 is 0 Å². The van der Waals surface area contributed by atoms with Crippen molar-refractivity contribution < 1.29 is 19.1 Å². The van der Waals surface area contributed by atoms with Crippen LogP contribution in [0.1, 0.15) is 51.2 Å². The molecule has 4 heteroatoms. The molecule has 0 spiro atoms. The zero-order chi connectivity index (χ0) is 18.0. The molecule has 2 aliphatic carbocycles. The van der Waals surface area contributed by atoms with E-state index in [9.17, 15) is 9.59 Å². The number of benzene rings is 1. The maximum atomic E-state index is 12.7. The fraction of sp³-hybridized carbons (Fsp3) is 0.524. The van der Waals surface area contributed by atoms with Crippen molar-refractivity contribution in [1.82, 2.24) is 0 Å². The molecule has 0 aliphatic heterocycles. The van der Waals surface area contributed by atoms with E-state index in [1.54, 1.807) is 13.8 Å². The van der Waals surface area contributed by atoms with Crippen LogP contribution in [0.2, 0.25) is 0 Å². The van der Waals surface area contributed by atoms with Crippen molar-refractivity contribution in [3.05, 3.63) is 41.0 Å². The number of esters is 2. The lowest BCUT2D eigenvalue weighted by Gasteiger charge is -2.25. The van der Waals surface area contributed by atoms with Gasteiger partial charge in [-0.1, -0.05) is 36.8 Å². The van der Waals surface area contributed by atoms with Crippen LogP contribution in [-0.2, 0) is 25.5 Å². The largest absolute Gasteiger partial charge is 0.465 e. The summed E-state index contributed by atoms with van der Waals surface area (Å²) in [7, 11) is 0. The van der Waals surface area contributed by atoms with E-state index in [1.165, 1.54) is 22.3 Å². The molecular weight excluding hydrogens is 316 g/mol. The predicted molar refractivity (Wildman–Crippen MR) is 95.8 cm³/mol. The van der Waals surface area contributed by atoms with E-state index in [-0.39, 0.29) is 19.1 Å². The van der Waals surface area contributed by atoms with Gasteiger partial charge in [-0.05, 0) is 62.1 Å². The molecule has 25 heavy (non-hydrogen) atoms. The fourth-order valence-electron chi connectivity index (χ4n) is 4.42. The van der Waals surface area contributed by atoms with E-state index < -0.39 is 17.4 Å². The Kier molecular flexibility index (Phi) is 4.98. The highest BCUT2D eigenvalue weighted by Gasteiger charge is 2.56. The van der Waals surface area contributed by atoms with E-state index in [2.05, 4.69) is 25.1 Å². The van der Waals surface area contributed by atoms with Crippen LogP contribution in [0.25, 0.3) is 5.57 Å². The third-order valence-corrected chi connectivity index (χ3v) is 5.46. The van der Waals surface area contributed by atoms with Crippen LogP contribution in [0.3, 0.4) is 0 Å². The van der Waals surface area contributed by atoms with E-state index in [1.807, 2.05) is 6.07 Å². The highest BCUT2D eigenvalue weighted by Crippen LogP contribution is 2.53. The van der Waals surface area contributed by atoms with Crippen LogP contribution in [0.4, 0.5) is 0 Å². The molecule has 0 amide bonds. The van der Waals surface area contributed by atoms with E-state index in [0.29, 0.717) is 12.8 Å². The van der Waals surface area contributed by atoms with Gasteiger partial charge in [0.2, 0.25) is 0 Å². The molecule has 0 N–H and O–H groups in total. The van der Waals surface area contributed by atoms with Crippen molar-refractivity contribution in [2.45, 2.75) is 46.5 Å². The molecule has 1 atom stereocenters. The van der Waals surface area contributed by atoms with Crippen LogP contribution in [-0.4, -0.2) is 25.2 Å². The smallest absolute Gasteiger partial charge is 0.323 e. The second-order valence-corrected chi connectivity index (χ2v) is 6.82. The Morgan fingerprint density at radius 1 is 1.08 bits per heavy atom. The maximum Gasteiger partial charge on any atom is 0.323 e. The summed E-state index contributed by atoms with van der Waals surface area (Å²) < 4.78 is 10.6. The molecule has 0 radical (unpaired) electrons. The van der Waals surface area contributed by atoms with Crippen LogP contribution in [0, 0.1) is 11.3 Å². The summed E-state index contributed by atoms with van der Waals surface area (Å²) in [6.07, 6.45) is 2.67. The summed E-state index contributed by atoms with van der Waals surface area (Å²) in [4.78, 5) is 25.5. The first-order valence-corrected chi connectivity index (χ1v) is 9.22. The van der Waals surface area contributed by atoms with Gasteiger partial charge in [0.15, 0.2) is 5.41 Å². The summed E-state index contributed by atoms with van der Waals surface area (Å²) in [5.74, 6) is -0.664. The number of rotatable bonds is 5. The number of allylic oxidation sites excluding steroid dienone is 2. The first-order valence-electron chi connectivity index (χ1n) is 9.22. The molecule has 1 fully saturated rings. The Morgan fingerprint density at radius 2 is 1.72 bits per heavy atom. The van der Waals surface area contributed by atoms with Crippen molar-refractivity contribution in [2.75, 3.05) is 13.2 Å². The van der Waals surface area contributed by atoms with Crippen molar-refractivity contribution in [3.8, 4) is 0 Å². The van der Waals surface area contributed by atoms with E-state index >= 15 is 0 Å². The van der Waals surface area contributed by atoms with Gasteiger partial charge in [0.05, 0.1) is 13.2 Å². The average molecular weight is 342 g/mol. The second kappa shape index (κ2) is 7.03. The molecule has 3 rings (SSSR count). The third-order valence-electron chi connectivity index (χ3n) is 5.46. The maximum absolute atomic E-state index is 12.7. The Labute approximate surface area is 149 Å². The standard InChI is InChI=1S/C21H26O4/c1-4-16-17-10-8-7-9-14(17)11-15-12-21(13-18(15)16,19(22)24-5-2)20(23)25-6-3/h7-10,15H,4-6,11-13H2,1-3H3/t15-/m0/s1. The Balaban J connectivity index is 2.05. The zero-order valence-corrected chi connectivity index (χ0v) is 15.3. The molecule has 1 aromatic rings. The number of carbonyl (C=O) groups excluding carboxylic acids is 2. The van der Waals surface area contributed by atoms with Crippen molar-refractivity contribution in [3.63, 3.8) is 0 Å². The fourth-order valence-corrected chi connectivity index (χ4v) is 4.42. The average Bonchev–Trinajstić information content (AvgIpc) is 3.00. The summed E-state index contributed by atoms with van der Waals surface area (Å²) in [6, 6.07) is 8.40. The topological polar surface area (TPSA) is 52.6 Å². The van der Waals surface area contributed by atoms with Gasteiger partial charge in [0, 0.05) is 0 Å². The minimum Gasteiger partial charge on any atom is -0.465 e. The SMILES string of the molecule is CCOC(=O)C1(C(=O)OCC)CC2=C(CC)c3ccccc3C[C@H]2C1. The summed E-state index contributed by atoms with van der Waals surface area (Å²) >= 11 is 0. The quantitative estimate of drug-likeness (QED) is 0.601. The molecule has 0 bridgehead atoms. The summed E-state index contributed by atoms with van der Waals surface area (Å²) in [6.45, 7) is 6.21. The first-order chi connectivity index (χ1) is 12.1. The minimum absolute atomic E-state index is 0.207. The number of ether oxygens (including phenoxy) is 2. The molecule has 0 saturated heterocycles. The summed E-state index contributed by atoms with van der Waals surface area (Å²) in [5, 5.41) is 0. The van der Waals surface area contributed by atoms with Crippen molar-refractivity contribution >= 4 is 17.5 Å². The molecular formula is C21H26O4. The molecule has 134 valence electrons. The second-order valence-electron chi connectivity index (χ2n) is 6.82. The van der Waals surface area contributed by atoms with Crippen LogP contribution in [0.5, 0.6) is 0 Å². The lowest BCUT2D eigenvalue weighted by atomic mass is 9.79. The summed E-state index contributed by atoms with van der Waals surface area (Å²) in [5.41, 5.74) is 3.90. The predicted octanol–water partition coefficient (Wildman–Crippen LogP) is 3.93. The number of hydrogen-bond acceptors (Lipinski definition) is 4. The lowest BCUT2D eigenvalue weighted by Crippen LogP contribution is -2.40. The molecule has 0 aromatic heterocycles. The number of hydrogen-bond donors (Lipinski definition) is 0. The van der Waals surface area contributed by atoms with Crippen LogP contribution in [0.15, 0.2) is 29.8 Å². The van der Waals surface area contributed by atoms with Gasteiger partial charge in [0.1, 0.15) is 0 Å². The highest BCUT2D eigenvalue weighted by molar-refractivity contribution is 6.01. The van der Waals surface area contributed by atoms with E-state index in [4.69, 9.17) is 9.47 Å². The molecule has 0 heterocycles. The van der Waals surface area contributed by atoms with Gasteiger partial charge < -0.3 is 9.47 Å². The molecule has 1 aromatic carbocycles. The minimum atomic E-state index is -1.19. The molecule has 1 saturated carbocycles. The van der Waals surface area contributed by atoms with Crippen LogP contribution < -0.4 is 0 Å². The first kappa shape index (κ1) is 17.7. The highest BCUT2D eigenvalue weighted by atomic mass is 16.6. The van der Waals surface area contributed by atoms with Gasteiger partial charge in [-0.3, -0.25) is 9.59 Å². The van der Waals surface area contributed by atoms with Gasteiger partial charge >= 0.3 is 11.9 Å². The zero-order valence-electron chi connectivity index (χ0n) is 15.3. The van der Waals surface area contributed by atoms with Crippen molar-refractivity contribution in [2.24, 2.45) is 11.3 Å². The molecule has 4 nitrogen and oxygen atoms in total. The Bertz CT molecular complexity index is 698. The molecule has 2 aliphatic rings. The van der Waals surface area contributed by atoms with Gasteiger partial charge in [-0.25, -0.2) is 0 Å². The van der Waals surface area contributed by atoms with Gasteiger partial charge in [-0.15, -0.1) is 0 Å². The monoisotopic (exact) mass is 342 g/mol. The van der Waals surface area contributed by atoms with Gasteiger partial charge in [-0.2, -0.15) is 0 Å². The Morgan fingerprint density at radius 3 is 2.32 bits per heavy atom. The Hall–Kier alpha value is -2.10.